The molecule has 4 nitrogen and oxygen atoms in total. The number of benzene rings is 2. The maximum atomic E-state index is 12.0. The van der Waals surface area contributed by atoms with Crippen molar-refractivity contribution in [3.8, 4) is 11.3 Å². The molecule has 0 amide bonds. The van der Waals surface area contributed by atoms with E-state index in [0.29, 0.717) is 5.92 Å². The Kier molecular flexibility index (Phi) is 14.3. The van der Waals surface area contributed by atoms with Crippen LogP contribution >= 0.6 is 0 Å². The summed E-state index contributed by atoms with van der Waals surface area (Å²) in [7, 11) is 0. The average Bonchev–Trinajstić information content (AvgIpc) is 2.87. The molecule has 0 spiro atoms. The van der Waals surface area contributed by atoms with Crippen LogP contribution in [0.15, 0.2) is 48.5 Å². The second-order valence-corrected chi connectivity index (χ2v) is 11.1. The van der Waals surface area contributed by atoms with Crippen LogP contribution in [0.1, 0.15) is 90.8 Å². The van der Waals surface area contributed by atoms with Gasteiger partial charge in [-0.3, -0.25) is 9.78 Å². The summed E-state index contributed by atoms with van der Waals surface area (Å²) in [6.07, 6.45) is 7.56. The number of aliphatic hydroxyl groups excluding tert-OH is 1. The first-order chi connectivity index (χ1) is 18.0. The van der Waals surface area contributed by atoms with Crippen molar-refractivity contribution in [3.05, 3.63) is 71.3 Å². The molecular formula is C34H47IrN2O2-. The minimum absolute atomic E-state index is 0. The van der Waals surface area contributed by atoms with E-state index in [4.69, 9.17) is 0 Å². The Labute approximate surface area is 250 Å². The molecule has 0 aliphatic rings. The van der Waals surface area contributed by atoms with Crippen LogP contribution in [-0.2, 0) is 31.3 Å². The maximum Gasteiger partial charge on any atom is 0.164 e. The Bertz CT molecular complexity index is 1220. The second-order valence-electron chi connectivity index (χ2n) is 11.1. The van der Waals surface area contributed by atoms with Crippen LogP contribution in [0.3, 0.4) is 0 Å². The SMILES string of the molecule is CCC(CC)/C(O)=C/C(=O)C(C)(CC)CC.Cc1[c-]c(-c2ncnc3cc(CC(C)C)ccc23)cc(C)c1.[Ir]. The number of carbonyl (C=O) groups excluding carboxylic acids is 1. The number of nitrogens with zero attached hydrogens (tertiary/aromatic N) is 2. The summed E-state index contributed by atoms with van der Waals surface area (Å²) in [5.41, 5.74) is 6.40. The fourth-order valence-electron chi connectivity index (χ4n) is 4.67. The van der Waals surface area contributed by atoms with Crippen molar-refractivity contribution in [2.24, 2.45) is 17.3 Å². The van der Waals surface area contributed by atoms with Gasteiger partial charge in [0.05, 0.1) is 11.3 Å². The number of rotatable bonds is 10. The van der Waals surface area contributed by atoms with E-state index in [9.17, 15) is 9.90 Å². The molecule has 0 fully saturated rings. The third-order valence-electron chi connectivity index (χ3n) is 7.59. The Morgan fingerprint density at radius 2 is 1.67 bits per heavy atom. The van der Waals surface area contributed by atoms with E-state index in [0.717, 1.165) is 59.8 Å². The van der Waals surface area contributed by atoms with Gasteiger partial charge in [-0.2, -0.15) is 0 Å². The molecule has 1 radical (unpaired) electrons. The molecule has 0 aliphatic carbocycles. The molecule has 0 bridgehead atoms. The third kappa shape index (κ3) is 9.65. The van der Waals surface area contributed by atoms with Crippen LogP contribution in [-0.4, -0.2) is 20.9 Å². The molecule has 1 aromatic heterocycles. The van der Waals surface area contributed by atoms with Crippen LogP contribution in [0.4, 0.5) is 0 Å². The van der Waals surface area contributed by atoms with E-state index in [1.165, 1.54) is 17.2 Å². The summed E-state index contributed by atoms with van der Waals surface area (Å²) in [5, 5.41) is 11.0. The van der Waals surface area contributed by atoms with Crippen molar-refractivity contribution >= 4 is 16.7 Å². The molecule has 3 rings (SSSR count). The van der Waals surface area contributed by atoms with E-state index < -0.39 is 0 Å². The number of ketones is 1. The van der Waals surface area contributed by atoms with E-state index in [2.05, 4.69) is 74.1 Å². The number of fused-ring (bicyclic) bond motifs is 1. The zero-order valence-electron chi connectivity index (χ0n) is 25.3. The fraction of sp³-hybridized carbons (Fsp3) is 0.500. The monoisotopic (exact) mass is 708 g/mol. The standard InChI is InChI=1S/C20H21N2.C14H26O2.Ir/c1-13(2)7-16-5-6-18-19(11-16)21-12-22-20(18)17-9-14(3)8-15(4)10-17;1-6-11(7-2)12(15)10-13(16)14(5,8-3)9-4;/h5-6,8-9,11-13H,7H2,1-4H3;10-11,15H,6-9H2,1-5H3;/q-1;;/b;12-10-;. The van der Waals surface area contributed by atoms with Gasteiger partial charge in [0.25, 0.3) is 0 Å². The molecule has 0 saturated carbocycles. The van der Waals surface area contributed by atoms with Crippen LogP contribution in [0.2, 0.25) is 0 Å². The molecular weight excluding hydrogens is 661 g/mol. The summed E-state index contributed by atoms with van der Waals surface area (Å²) < 4.78 is 0. The van der Waals surface area contributed by atoms with Gasteiger partial charge in [0.1, 0.15) is 6.33 Å². The van der Waals surface area contributed by atoms with Gasteiger partial charge in [-0.15, -0.1) is 34.9 Å². The van der Waals surface area contributed by atoms with Crippen molar-refractivity contribution in [2.75, 3.05) is 0 Å². The smallest absolute Gasteiger partial charge is 0.164 e. The minimum atomic E-state index is -0.319. The number of aryl methyl sites for hydroxylation is 2. The van der Waals surface area contributed by atoms with E-state index in [-0.39, 0.29) is 43.0 Å². The van der Waals surface area contributed by atoms with Crippen LogP contribution in [0, 0.1) is 37.2 Å². The van der Waals surface area contributed by atoms with Crippen LogP contribution in [0.5, 0.6) is 0 Å². The predicted octanol–water partition coefficient (Wildman–Crippen LogP) is 9.17. The van der Waals surface area contributed by atoms with Crippen LogP contribution < -0.4 is 0 Å². The molecule has 1 N–H and O–H groups in total. The summed E-state index contributed by atoms with van der Waals surface area (Å²) in [6.45, 7) is 18.7. The van der Waals surface area contributed by atoms with Gasteiger partial charge in [0.2, 0.25) is 0 Å². The van der Waals surface area contributed by atoms with Crippen molar-refractivity contribution in [3.63, 3.8) is 0 Å². The normalized spacial score (nSPS) is 11.8. The molecule has 39 heavy (non-hydrogen) atoms. The van der Waals surface area contributed by atoms with Crippen LogP contribution in [0.25, 0.3) is 22.2 Å². The van der Waals surface area contributed by atoms with E-state index in [1.807, 2.05) is 34.6 Å². The molecule has 1 heterocycles. The first-order valence-corrected chi connectivity index (χ1v) is 14.2. The Balaban J connectivity index is 0.000000402. The third-order valence-corrected chi connectivity index (χ3v) is 7.59. The van der Waals surface area contributed by atoms with E-state index >= 15 is 0 Å². The maximum absolute atomic E-state index is 12.0. The topological polar surface area (TPSA) is 63.1 Å². The van der Waals surface area contributed by atoms with Gasteiger partial charge in [-0.05, 0) is 60.7 Å². The summed E-state index contributed by atoms with van der Waals surface area (Å²) in [6, 6.07) is 14.2. The number of aromatic nitrogens is 2. The number of aliphatic hydroxyl groups is 1. The van der Waals surface area contributed by atoms with Gasteiger partial charge in [0.15, 0.2) is 5.78 Å². The predicted molar refractivity (Wildman–Crippen MR) is 160 cm³/mol. The Morgan fingerprint density at radius 1 is 1.03 bits per heavy atom. The van der Waals surface area contributed by atoms with Gasteiger partial charge < -0.3 is 5.11 Å². The minimum Gasteiger partial charge on any atom is -0.512 e. The molecule has 5 heteroatoms. The number of hydrogen-bond donors (Lipinski definition) is 1. The largest absolute Gasteiger partial charge is 0.512 e. The van der Waals surface area contributed by atoms with Crippen molar-refractivity contribution < 1.29 is 30.0 Å². The molecule has 215 valence electrons. The summed E-state index contributed by atoms with van der Waals surface area (Å²) in [4.78, 5) is 21.0. The number of carbonyl (C=O) groups is 1. The van der Waals surface area contributed by atoms with Gasteiger partial charge >= 0.3 is 0 Å². The second kappa shape index (κ2) is 16.0. The number of allylic oxidation sites excluding steroid dienone is 2. The fourth-order valence-corrected chi connectivity index (χ4v) is 4.67. The molecule has 2 aromatic carbocycles. The average molecular weight is 708 g/mol. The van der Waals surface area contributed by atoms with Crippen molar-refractivity contribution in [1.82, 2.24) is 9.97 Å². The van der Waals surface area contributed by atoms with Gasteiger partial charge in [-0.1, -0.05) is 74.4 Å². The first-order valence-electron chi connectivity index (χ1n) is 14.2. The zero-order valence-corrected chi connectivity index (χ0v) is 27.7. The molecule has 0 saturated heterocycles. The number of hydrogen-bond acceptors (Lipinski definition) is 4. The quantitative estimate of drug-likeness (QED) is 0.130. The molecule has 0 atom stereocenters. The Hall–Kier alpha value is -2.36. The first kappa shape index (κ1) is 34.7. The van der Waals surface area contributed by atoms with Gasteiger partial charge in [-0.25, -0.2) is 4.98 Å². The summed E-state index contributed by atoms with van der Waals surface area (Å²) >= 11 is 0. The molecule has 0 unspecified atom stereocenters. The zero-order chi connectivity index (χ0) is 28.5. The van der Waals surface area contributed by atoms with Crippen molar-refractivity contribution in [1.29, 1.82) is 0 Å². The molecule has 3 aromatic rings. The van der Waals surface area contributed by atoms with Crippen molar-refractivity contribution in [2.45, 2.75) is 94.4 Å². The van der Waals surface area contributed by atoms with Gasteiger partial charge in [0, 0.05) is 37.5 Å². The molecule has 0 aliphatic heterocycles. The Morgan fingerprint density at radius 3 is 2.21 bits per heavy atom. The van der Waals surface area contributed by atoms with E-state index in [1.54, 1.807) is 6.33 Å². The summed E-state index contributed by atoms with van der Waals surface area (Å²) in [5.74, 6) is 1.08.